The molecule has 0 spiro atoms. The van der Waals surface area contributed by atoms with Crippen LogP contribution >= 0.6 is 0 Å². The number of carbonyl (C=O) groups is 2. The van der Waals surface area contributed by atoms with Gasteiger partial charge in [0.2, 0.25) is 0 Å². The van der Waals surface area contributed by atoms with Crippen LogP contribution in [-0.4, -0.2) is 16.9 Å². The van der Waals surface area contributed by atoms with Crippen LogP contribution in [0, 0.1) is 11.3 Å². The predicted octanol–water partition coefficient (Wildman–Crippen LogP) is 2.64. The van der Waals surface area contributed by atoms with Gasteiger partial charge in [-0.25, -0.2) is 0 Å². The maximum Gasteiger partial charge on any atom is 0.303 e. The second-order valence-electron chi connectivity index (χ2n) is 5.08. The van der Waals surface area contributed by atoms with Crippen LogP contribution in [0.15, 0.2) is 0 Å². The normalized spacial score (nSPS) is 19.4. The molecule has 0 unspecified atom stereocenters. The van der Waals surface area contributed by atoms with Crippen molar-refractivity contribution in [3.63, 3.8) is 0 Å². The quantitative estimate of drug-likeness (QED) is 0.762. The van der Waals surface area contributed by atoms with Crippen molar-refractivity contribution in [2.24, 2.45) is 11.3 Å². The van der Waals surface area contributed by atoms with Crippen LogP contribution in [0.2, 0.25) is 0 Å². The van der Waals surface area contributed by atoms with Crippen LogP contribution in [-0.2, 0) is 9.59 Å². The number of ketones is 1. The number of aliphatic carboxylic acids is 1. The third kappa shape index (κ3) is 3.33. The molecule has 0 aliphatic heterocycles. The fourth-order valence-electron chi connectivity index (χ4n) is 2.44. The molecule has 0 aromatic heterocycles. The third-order valence-corrected chi connectivity index (χ3v) is 3.38. The molecular weight excluding hydrogens is 192 g/mol. The number of carbonyl (C=O) groups excluding carboxylic acids is 1. The average Bonchev–Trinajstić information content (AvgIpc) is 2.51. The van der Waals surface area contributed by atoms with Gasteiger partial charge in [-0.05, 0) is 18.3 Å². The first kappa shape index (κ1) is 12.2. The van der Waals surface area contributed by atoms with Gasteiger partial charge >= 0.3 is 5.97 Å². The second-order valence-corrected chi connectivity index (χ2v) is 5.08. The van der Waals surface area contributed by atoms with E-state index in [1.807, 2.05) is 13.8 Å². The van der Waals surface area contributed by atoms with Gasteiger partial charge in [-0.2, -0.15) is 0 Å². The highest BCUT2D eigenvalue weighted by molar-refractivity contribution is 5.81. The Kier molecular flexibility index (Phi) is 3.89. The van der Waals surface area contributed by atoms with E-state index in [9.17, 15) is 9.59 Å². The predicted molar refractivity (Wildman–Crippen MR) is 57.6 cm³/mol. The number of rotatable bonds is 5. The second kappa shape index (κ2) is 4.77. The van der Waals surface area contributed by atoms with Crippen molar-refractivity contribution in [3.8, 4) is 0 Å². The fraction of sp³-hybridized carbons (Fsp3) is 0.833. The fourth-order valence-corrected chi connectivity index (χ4v) is 2.44. The Morgan fingerprint density at radius 1 is 1.20 bits per heavy atom. The zero-order valence-electron chi connectivity index (χ0n) is 9.58. The van der Waals surface area contributed by atoms with E-state index < -0.39 is 5.97 Å². The molecule has 3 nitrogen and oxygen atoms in total. The maximum atomic E-state index is 11.7. The van der Waals surface area contributed by atoms with Gasteiger partial charge in [-0.15, -0.1) is 0 Å². The number of carboxylic acid groups (broad SMARTS) is 1. The molecule has 1 saturated carbocycles. The van der Waals surface area contributed by atoms with Crippen molar-refractivity contribution < 1.29 is 14.7 Å². The molecule has 1 rings (SSSR count). The van der Waals surface area contributed by atoms with Gasteiger partial charge in [-0.3, -0.25) is 9.59 Å². The topological polar surface area (TPSA) is 54.4 Å². The average molecular weight is 212 g/mol. The summed E-state index contributed by atoms with van der Waals surface area (Å²) in [5.41, 5.74) is -0.229. The Labute approximate surface area is 90.9 Å². The largest absolute Gasteiger partial charge is 0.481 e. The SMILES string of the molecule is CC(C)C(=O)CC1(CC(=O)O)CCCC1. The molecule has 0 heterocycles. The third-order valence-electron chi connectivity index (χ3n) is 3.38. The molecular formula is C12H20O3. The lowest BCUT2D eigenvalue weighted by molar-refractivity contribution is -0.140. The summed E-state index contributed by atoms with van der Waals surface area (Å²) in [5, 5.41) is 8.88. The number of carboxylic acids is 1. The summed E-state index contributed by atoms with van der Waals surface area (Å²) in [7, 11) is 0. The Morgan fingerprint density at radius 2 is 1.73 bits per heavy atom. The maximum absolute atomic E-state index is 11.7. The molecule has 0 radical (unpaired) electrons. The summed E-state index contributed by atoms with van der Waals surface area (Å²) in [6.07, 6.45) is 4.55. The van der Waals surface area contributed by atoms with Crippen molar-refractivity contribution >= 4 is 11.8 Å². The summed E-state index contributed by atoms with van der Waals surface area (Å²) in [5.74, 6) is -0.539. The van der Waals surface area contributed by atoms with Gasteiger partial charge in [0, 0.05) is 12.3 Å². The number of hydrogen-bond acceptors (Lipinski definition) is 2. The van der Waals surface area contributed by atoms with Crippen molar-refractivity contribution in [2.75, 3.05) is 0 Å². The highest BCUT2D eigenvalue weighted by Gasteiger charge is 2.38. The molecule has 0 aromatic carbocycles. The summed E-state index contributed by atoms with van der Waals surface area (Å²) in [6.45, 7) is 3.76. The molecule has 0 saturated heterocycles. The molecule has 0 amide bonds. The lowest BCUT2D eigenvalue weighted by Gasteiger charge is -2.27. The standard InChI is InChI=1S/C12H20O3/c1-9(2)10(13)7-12(8-11(14)15)5-3-4-6-12/h9H,3-8H2,1-2H3,(H,14,15). The van der Waals surface area contributed by atoms with E-state index in [1.54, 1.807) is 0 Å². The van der Waals surface area contributed by atoms with Crippen molar-refractivity contribution in [3.05, 3.63) is 0 Å². The van der Waals surface area contributed by atoms with Crippen molar-refractivity contribution in [1.82, 2.24) is 0 Å². The number of hydrogen-bond donors (Lipinski definition) is 1. The van der Waals surface area contributed by atoms with Crippen LogP contribution in [0.4, 0.5) is 0 Å². The van der Waals surface area contributed by atoms with E-state index in [4.69, 9.17) is 5.11 Å². The molecule has 1 aliphatic carbocycles. The van der Waals surface area contributed by atoms with Crippen LogP contribution in [0.5, 0.6) is 0 Å². The van der Waals surface area contributed by atoms with Gasteiger partial charge in [0.05, 0.1) is 6.42 Å². The van der Waals surface area contributed by atoms with Crippen LogP contribution in [0.3, 0.4) is 0 Å². The van der Waals surface area contributed by atoms with E-state index in [0.717, 1.165) is 25.7 Å². The monoisotopic (exact) mass is 212 g/mol. The van der Waals surface area contributed by atoms with Gasteiger partial charge in [-0.1, -0.05) is 26.7 Å². The van der Waals surface area contributed by atoms with Crippen LogP contribution in [0.1, 0.15) is 52.4 Å². The van der Waals surface area contributed by atoms with Gasteiger partial charge < -0.3 is 5.11 Å². The lowest BCUT2D eigenvalue weighted by atomic mass is 9.76. The zero-order valence-corrected chi connectivity index (χ0v) is 9.58. The van der Waals surface area contributed by atoms with E-state index in [0.29, 0.717) is 6.42 Å². The molecule has 1 fully saturated rings. The van der Waals surface area contributed by atoms with Crippen molar-refractivity contribution in [2.45, 2.75) is 52.4 Å². The Balaban J connectivity index is 2.65. The molecule has 1 N–H and O–H groups in total. The van der Waals surface area contributed by atoms with E-state index in [1.165, 1.54) is 0 Å². The van der Waals surface area contributed by atoms with Crippen LogP contribution in [0.25, 0.3) is 0 Å². The van der Waals surface area contributed by atoms with Gasteiger partial charge in [0.25, 0.3) is 0 Å². The zero-order chi connectivity index (χ0) is 11.5. The molecule has 0 atom stereocenters. The lowest BCUT2D eigenvalue weighted by Crippen LogP contribution is -2.26. The first-order chi connectivity index (χ1) is 6.95. The van der Waals surface area contributed by atoms with Crippen LogP contribution < -0.4 is 0 Å². The number of Topliss-reactive ketones (excluding diaryl/α,β-unsaturated/α-hetero) is 1. The van der Waals surface area contributed by atoms with Gasteiger partial charge in [0.15, 0.2) is 0 Å². The van der Waals surface area contributed by atoms with E-state index in [2.05, 4.69) is 0 Å². The smallest absolute Gasteiger partial charge is 0.303 e. The minimum Gasteiger partial charge on any atom is -0.481 e. The molecule has 86 valence electrons. The minimum absolute atomic E-state index is 0.0243. The Bertz CT molecular complexity index is 250. The molecule has 15 heavy (non-hydrogen) atoms. The summed E-state index contributed by atoms with van der Waals surface area (Å²) in [4.78, 5) is 22.5. The Morgan fingerprint density at radius 3 is 2.13 bits per heavy atom. The van der Waals surface area contributed by atoms with E-state index >= 15 is 0 Å². The summed E-state index contributed by atoms with van der Waals surface area (Å²) >= 11 is 0. The summed E-state index contributed by atoms with van der Waals surface area (Å²) in [6, 6.07) is 0. The summed E-state index contributed by atoms with van der Waals surface area (Å²) < 4.78 is 0. The first-order valence-corrected chi connectivity index (χ1v) is 5.70. The first-order valence-electron chi connectivity index (χ1n) is 5.70. The molecule has 0 bridgehead atoms. The highest BCUT2D eigenvalue weighted by atomic mass is 16.4. The van der Waals surface area contributed by atoms with Gasteiger partial charge in [0.1, 0.15) is 5.78 Å². The van der Waals surface area contributed by atoms with E-state index in [-0.39, 0.29) is 23.5 Å². The molecule has 3 heteroatoms. The molecule has 0 aromatic rings. The minimum atomic E-state index is -0.770. The molecule has 1 aliphatic rings. The van der Waals surface area contributed by atoms with Crippen molar-refractivity contribution in [1.29, 1.82) is 0 Å². The Hall–Kier alpha value is -0.860. The highest BCUT2D eigenvalue weighted by Crippen LogP contribution is 2.44.